The summed E-state index contributed by atoms with van der Waals surface area (Å²) in [6, 6.07) is 16.9. The first-order valence-corrected chi connectivity index (χ1v) is 12.3. The second kappa shape index (κ2) is 11.4. The average Bonchev–Trinajstić information content (AvgIpc) is 2.82. The molecule has 184 valence electrons. The number of amides is 2. The van der Waals surface area contributed by atoms with Crippen molar-refractivity contribution in [2.45, 2.75) is 51.9 Å². The van der Waals surface area contributed by atoms with Crippen LogP contribution in [0.15, 0.2) is 59.8 Å². The second-order valence-electron chi connectivity index (χ2n) is 8.93. The molecule has 2 aromatic carbocycles. The van der Waals surface area contributed by atoms with Crippen LogP contribution in [0.2, 0.25) is 0 Å². The first-order chi connectivity index (χ1) is 16.6. The lowest BCUT2D eigenvalue weighted by Crippen LogP contribution is -2.55. The zero-order valence-electron chi connectivity index (χ0n) is 21.1. The topological polar surface area (TPSA) is 84.4 Å². The van der Waals surface area contributed by atoms with E-state index in [1.807, 2.05) is 51.1 Å². The van der Waals surface area contributed by atoms with Crippen molar-refractivity contribution >= 4 is 29.3 Å². The Kier molecular flexibility index (Phi) is 8.51. The van der Waals surface area contributed by atoms with Crippen molar-refractivity contribution in [3.8, 4) is 5.75 Å². The lowest BCUT2D eigenvalue weighted by molar-refractivity contribution is -0.142. The first kappa shape index (κ1) is 26.2. The number of anilines is 1. The van der Waals surface area contributed by atoms with E-state index in [4.69, 9.17) is 4.74 Å². The number of methoxy groups -OCH3 is 1. The minimum atomic E-state index is -1.12. The monoisotopic (exact) mass is 492 g/mol. The van der Waals surface area contributed by atoms with Crippen LogP contribution >= 0.6 is 11.8 Å². The van der Waals surface area contributed by atoms with Crippen LogP contribution in [0.25, 0.3) is 0 Å². The van der Waals surface area contributed by atoms with E-state index in [2.05, 4.69) is 15.3 Å². The predicted octanol–water partition coefficient (Wildman–Crippen LogP) is 4.95. The number of ether oxygens (including phenoxy) is 1. The van der Waals surface area contributed by atoms with Gasteiger partial charge in [0.25, 0.3) is 0 Å². The molecule has 0 radical (unpaired) electrons. The van der Waals surface area contributed by atoms with Crippen LogP contribution < -0.4 is 10.1 Å². The third-order valence-electron chi connectivity index (χ3n) is 5.63. The maximum Gasteiger partial charge on any atom is 0.249 e. The molecule has 0 unspecified atom stereocenters. The number of carbonyl (C=O) groups is 2. The molecule has 0 fully saturated rings. The molecule has 1 heterocycles. The predicted molar refractivity (Wildman–Crippen MR) is 140 cm³/mol. The van der Waals surface area contributed by atoms with Crippen LogP contribution in [0, 0.1) is 20.8 Å². The van der Waals surface area contributed by atoms with Gasteiger partial charge in [-0.2, -0.15) is 0 Å². The molecule has 0 aliphatic rings. The van der Waals surface area contributed by atoms with Gasteiger partial charge in [0.2, 0.25) is 11.8 Å². The van der Waals surface area contributed by atoms with Gasteiger partial charge < -0.3 is 15.0 Å². The van der Waals surface area contributed by atoms with E-state index >= 15 is 0 Å². The summed E-state index contributed by atoms with van der Waals surface area (Å²) in [4.78, 5) is 37.3. The van der Waals surface area contributed by atoms with Crippen LogP contribution in [-0.2, 0) is 16.1 Å². The molecular formula is C27H32N4O3S. The third kappa shape index (κ3) is 7.05. The summed E-state index contributed by atoms with van der Waals surface area (Å²) < 4.78 is 5.19. The van der Waals surface area contributed by atoms with Crippen LogP contribution in [0.3, 0.4) is 0 Å². The van der Waals surface area contributed by atoms with Gasteiger partial charge in [0, 0.05) is 23.6 Å². The van der Waals surface area contributed by atoms with Gasteiger partial charge in [-0.05, 0) is 70.5 Å². The molecule has 0 saturated carbocycles. The van der Waals surface area contributed by atoms with E-state index in [0.717, 1.165) is 22.5 Å². The number of carbonyl (C=O) groups excluding carboxylic acids is 2. The minimum absolute atomic E-state index is 0.119. The number of benzene rings is 2. The van der Waals surface area contributed by atoms with Crippen molar-refractivity contribution in [1.29, 1.82) is 0 Å². The largest absolute Gasteiger partial charge is 0.497 e. The lowest BCUT2D eigenvalue weighted by Gasteiger charge is -2.37. The van der Waals surface area contributed by atoms with E-state index in [1.165, 1.54) is 11.8 Å². The Morgan fingerprint density at radius 3 is 2.14 bits per heavy atom. The summed E-state index contributed by atoms with van der Waals surface area (Å²) in [5, 5.41) is 3.48. The summed E-state index contributed by atoms with van der Waals surface area (Å²) in [6.07, 6.45) is 0. The number of nitrogens with one attached hydrogen (secondary N) is 1. The normalized spacial score (nSPS) is 11.1. The Labute approximate surface area is 211 Å². The van der Waals surface area contributed by atoms with Crippen molar-refractivity contribution in [3.05, 3.63) is 77.1 Å². The molecule has 1 N–H and O–H groups in total. The first-order valence-electron chi connectivity index (χ1n) is 11.3. The van der Waals surface area contributed by atoms with Crippen molar-refractivity contribution in [2.75, 3.05) is 18.2 Å². The summed E-state index contributed by atoms with van der Waals surface area (Å²) in [5.74, 6) is 0.363. The van der Waals surface area contributed by atoms with Crippen LogP contribution in [-0.4, -0.2) is 45.1 Å². The maximum absolute atomic E-state index is 13.5. The Hall–Kier alpha value is -3.39. The highest BCUT2D eigenvalue weighted by atomic mass is 32.2. The van der Waals surface area contributed by atoms with Gasteiger partial charge in [0.15, 0.2) is 5.16 Å². The fourth-order valence-corrected chi connectivity index (χ4v) is 4.34. The zero-order chi connectivity index (χ0) is 25.6. The number of thioether (sulfide) groups is 1. The number of hydrogen-bond donors (Lipinski definition) is 1. The van der Waals surface area contributed by atoms with E-state index in [1.54, 1.807) is 50.1 Å². The molecule has 3 aromatic rings. The Bertz CT molecular complexity index is 1160. The van der Waals surface area contributed by atoms with Crippen molar-refractivity contribution in [2.24, 2.45) is 0 Å². The Morgan fingerprint density at radius 2 is 1.57 bits per heavy atom. The molecule has 0 atom stereocenters. The molecular weight excluding hydrogens is 460 g/mol. The van der Waals surface area contributed by atoms with Crippen LogP contribution in [0.5, 0.6) is 5.75 Å². The lowest BCUT2D eigenvalue weighted by atomic mass is 9.99. The summed E-state index contributed by atoms with van der Waals surface area (Å²) in [6.45, 7) is 9.63. The number of nitrogens with zero attached hydrogens (tertiary/aromatic N) is 3. The summed E-state index contributed by atoms with van der Waals surface area (Å²) in [5.41, 5.74) is 3.29. The van der Waals surface area contributed by atoms with E-state index in [0.29, 0.717) is 23.1 Å². The molecule has 2 amide bonds. The standard InChI is InChI=1S/C27H32N4O3S/c1-18-7-9-21(10-8-18)16-31(24(32)17-35-26-28-19(2)15-20(3)29-26)27(4,5)25(33)30-22-11-13-23(34-6)14-12-22/h7-15H,16-17H2,1-6H3,(H,30,33). The third-order valence-corrected chi connectivity index (χ3v) is 6.46. The molecule has 0 aliphatic carbocycles. The van der Waals surface area contributed by atoms with Gasteiger partial charge in [0.1, 0.15) is 11.3 Å². The molecule has 0 bridgehead atoms. The van der Waals surface area contributed by atoms with Gasteiger partial charge in [-0.3, -0.25) is 9.59 Å². The Morgan fingerprint density at radius 1 is 0.971 bits per heavy atom. The van der Waals surface area contributed by atoms with Gasteiger partial charge in [0.05, 0.1) is 12.9 Å². The highest BCUT2D eigenvalue weighted by Gasteiger charge is 2.38. The molecule has 0 saturated heterocycles. The van der Waals surface area contributed by atoms with Crippen molar-refractivity contribution < 1.29 is 14.3 Å². The Balaban J connectivity index is 1.82. The smallest absolute Gasteiger partial charge is 0.249 e. The molecule has 8 heteroatoms. The molecule has 1 aromatic heterocycles. The average molecular weight is 493 g/mol. The highest BCUT2D eigenvalue weighted by Crippen LogP contribution is 2.25. The van der Waals surface area contributed by atoms with E-state index in [-0.39, 0.29) is 17.6 Å². The fourth-order valence-electron chi connectivity index (χ4n) is 3.52. The number of rotatable bonds is 9. The van der Waals surface area contributed by atoms with E-state index in [9.17, 15) is 9.59 Å². The maximum atomic E-state index is 13.5. The molecule has 35 heavy (non-hydrogen) atoms. The number of aryl methyl sites for hydroxylation is 3. The quantitative estimate of drug-likeness (QED) is 0.336. The zero-order valence-corrected chi connectivity index (χ0v) is 21.9. The fraction of sp³-hybridized carbons (Fsp3) is 0.333. The van der Waals surface area contributed by atoms with Gasteiger partial charge in [-0.15, -0.1) is 0 Å². The molecule has 3 rings (SSSR count). The SMILES string of the molecule is COc1ccc(NC(=O)C(C)(C)N(Cc2ccc(C)cc2)C(=O)CSc2nc(C)cc(C)n2)cc1. The van der Waals surface area contributed by atoms with E-state index < -0.39 is 5.54 Å². The van der Waals surface area contributed by atoms with Crippen LogP contribution in [0.4, 0.5) is 5.69 Å². The van der Waals surface area contributed by atoms with Crippen molar-refractivity contribution in [3.63, 3.8) is 0 Å². The van der Waals surface area contributed by atoms with Crippen LogP contribution in [0.1, 0.15) is 36.4 Å². The van der Waals surface area contributed by atoms with Gasteiger partial charge in [-0.25, -0.2) is 9.97 Å². The number of hydrogen-bond acceptors (Lipinski definition) is 6. The number of aromatic nitrogens is 2. The molecule has 7 nitrogen and oxygen atoms in total. The van der Waals surface area contributed by atoms with Gasteiger partial charge >= 0.3 is 0 Å². The summed E-state index contributed by atoms with van der Waals surface area (Å²) in [7, 11) is 1.59. The molecule has 0 aliphatic heterocycles. The van der Waals surface area contributed by atoms with Crippen molar-refractivity contribution in [1.82, 2.24) is 14.9 Å². The minimum Gasteiger partial charge on any atom is -0.497 e. The van der Waals surface area contributed by atoms with Gasteiger partial charge in [-0.1, -0.05) is 41.6 Å². The summed E-state index contributed by atoms with van der Waals surface area (Å²) >= 11 is 1.28. The second-order valence-corrected chi connectivity index (χ2v) is 9.87. The molecule has 0 spiro atoms. The highest BCUT2D eigenvalue weighted by molar-refractivity contribution is 7.99.